The Bertz CT molecular complexity index is 400. The van der Waals surface area contributed by atoms with Gasteiger partial charge in [-0.2, -0.15) is 0 Å². The summed E-state index contributed by atoms with van der Waals surface area (Å²) in [6, 6.07) is 2.99. The number of rotatable bonds is 4. The molecular formula is C14H20INOS. The van der Waals surface area contributed by atoms with Gasteiger partial charge in [0.1, 0.15) is 0 Å². The summed E-state index contributed by atoms with van der Waals surface area (Å²) in [4.78, 5) is 1.62. The van der Waals surface area contributed by atoms with E-state index in [-0.39, 0.29) is 0 Å². The molecule has 1 N–H and O–H groups in total. The molecule has 0 saturated carbocycles. The molecule has 1 saturated heterocycles. The fourth-order valence-electron chi connectivity index (χ4n) is 3.01. The van der Waals surface area contributed by atoms with E-state index in [1.54, 1.807) is 10.4 Å². The first kappa shape index (κ1) is 13.3. The van der Waals surface area contributed by atoms with Crippen molar-refractivity contribution in [3.63, 3.8) is 0 Å². The number of halogens is 1. The third-order valence-electron chi connectivity index (χ3n) is 4.05. The molecule has 2 heterocycles. The molecule has 100 valence electrons. The van der Waals surface area contributed by atoms with Gasteiger partial charge in [-0.25, -0.2) is 0 Å². The van der Waals surface area contributed by atoms with Crippen LogP contribution in [-0.4, -0.2) is 19.8 Å². The molecule has 1 aliphatic carbocycles. The second-order valence-electron chi connectivity index (χ2n) is 5.35. The molecule has 2 unspecified atom stereocenters. The third kappa shape index (κ3) is 3.08. The Morgan fingerprint density at radius 3 is 3.22 bits per heavy atom. The SMILES string of the molecule is Ic1cc2c(s1)CCCC2NCCC1CCOC1. The molecule has 1 aliphatic heterocycles. The Hall–Kier alpha value is 0.350. The first-order valence-corrected chi connectivity index (χ1v) is 8.81. The van der Waals surface area contributed by atoms with Crippen LogP contribution in [0.4, 0.5) is 0 Å². The van der Waals surface area contributed by atoms with Crippen LogP contribution in [0.5, 0.6) is 0 Å². The van der Waals surface area contributed by atoms with E-state index in [1.165, 1.54) is 35.0 Å². The molecule has 0 spiro atoms. The first-order chi connectivity index (χ1) is 8.83. The van der Waals surface area contributed by atoms with Crippen molar-refractivity contribution in [1.29, 1.82) is 0 Å². The molecule has 4 heteroatoms. The Morgan fingerprint density at radius 2 is 2.39 bits per heavy atom. The summed E-state index contributed by atoms with van der Waals surface area (Å²) < 4.78 is 6.87. The third-order valence-corrected chi connectivity index (χ3v) is 6.02. The smallest absolute Gasteiger partial charge is 0.0659 e. The highest BCUT2D eigenvalue weighted by Crippen LogP contribution is 2.36. The minimum absolute atomic E-state index is 0.607. The van der Waals surface area contributed by atoms with Crippen molar-refractivity contribution in [3.05, 3.63) is 19.4 Å². The molecule has 0 aromatic carbocycles. The van der Waals surface area contributed by atoms with Gasteiger partial charge in [-0.15, -0.1) is 11.3 Å². The highest BCUT2D eigenvalue weighted by atomic mass is 127. The molecule has 2 atom stereocenters. The van der Waals surface area contributed by atoms with E-state index in [4.69, 9.17) is 4.74 Å². The first-order valence-electron chi connectivity index (χ1n) is 6.92. The van der Waals surface area contributed by atoms with Crippen LogP contribution >= 0.6 is 33.9 Å². The average molecular weight is 377 g/mol. The summed E-state index contributed by atoms with van der Waals surface area (Å²) in [6.07, 6.45) is 6.47. The topological polar surface area (TPSA) is 21.3 Å². The van der Waals surface area contributed by atoms with E-state index < -0.39 is 0 Å². The van der Waals surface area contributed by atoms with E-state index >= 15 is 0 Å². The van der Waals surface area contributed by atoms with Crippen LogP contribution in [0.2, 0.25) is 0 Å². The monoisotopic (exact) mass is 377 g/mol. The van der Waals surface area contributed by atoms with Gasteiger partial charge in [-0.05, 0) is 78.8 Å². The largest absolute Gasteiger partial charge is 0.381 e. The molecule has 2 aliphatic rings. The van der Waals surface area contributed by atoms with Gasteiger partial charge >= 0.3 is 0 Å². The Morgan fingerprint density at radius 1 is 1.44 bits per heavy atom. The molecule has 0 amide bonds. The minimum atomic E-state index is 0.607. The average Bonchev–Trinajstić information content (AvgIpc) is 2.97. The summed E-state index contributed by atoms with van der Waals surface area (Å²) in [5, 5.41) is 3.77. The number of ether oxygens (including phenoxy) is 1. The summed E-state index contributed by atoms with van der Waals surface area (Å²) in [5.74, 6) is 0.795. The van der Waals surface area contributed by atoms with Crippen LogP contribution < -0.4 is 5.32 Å². The molecule has 2 nitrogen and oxygen atoms in total. The van der Waals surface area contributed by atoms with Gasteiger partial charge in [0.2, 0.25) is 0 Å². The van der Waals surface area contributed by atoms with Crippen molar-refractivity contribution in [3.8, 4) is 0 Å². The van der Waals surface area contributed by atoms with Crippen molar-refractivity contribution in [2.24, 2.45) is 5.92 Å². The molecule has 0 radical (unpaired) electrons. The fourth-order valence-corrected chi connectivity index (χ4v) is 5.13. The standard InChI is InChI=1S/C14H20INOS/c15-14-8-11-12(2-1-3-13(11)18-14)16-6-4-10-5-7-17-9-10/h8,10,12,16H,1-7,9H2. The second-order valence-corrected chi connectivity index (χ2v) is 8.38. The number of nitrogens with one attached hydrogen (secondary N) is 1. The highest BCUT2D eigenvalue weighted by molar-refractivity contribution is 14.1. The Kier molecular flexibility index (Phi) is 4.59. The number of hydrogen-bond acceptors (Lipinski definition) is 3. The fraction of sp³-hybridized carbons (Fsp3) is 0.714. The Balaban J connectivity index is 1.53. The van der Waals surface area contributed by atoms with Gasteiger partial charge in [0.05, 0.1) is 2.88 Å². The Labute approximate surface area is 127 Å². The minimum Gasteiger partial charge on any atom is -0.381 e. The predicted molar refractivity (Wildman–Crippen MR) is 84.3 cm³/mol. The summed E-state index contributed by atoms with van der Waals surface area (Å²) in [5.41, 5.74) is 1.58. The maximum atomic E-state index is 5.43. The summed E-state index contributed by atoms with van der Waals surface area (Å²) in [6.45, 7) is 3.10. The lowest BCUT2D eigenvalue weighted by Gasteiger charge is -2.24. The highest BCUT2D eigenvalue weighted by Gasteiger charge is 2.22. The maximum absolute atomic E-state index is 5.43. The zero-order chi connectivity index (χ0) is 12.4. The van der Waals surface area contributed by atoms with Crippen LogP contribution in [0.15, 0.2) is 6.07 Å². The van der Waals surface area contributed by atoms with Crippen LogP contribution in [0.25, 0.3) is 0 Å². The van der Waals surface area contributed by atoms with Gasteiger partial charge in [0.15, 0.2) is 0 Å². The number of hydrogen-bond donors (Lipinski definition) is 1. The van der Waals surface area contributed by atoms with Crippen molar-refractivity contribution >= 4 is 33.9 Å². The van der Waals surface area contributed by atoms with Crippen molar-refractivity contribution in [2.75, 3.05) is 19.8 Å². The van der Waals surface area contributed by atoms with Crippen molar-refractivity contribution in [2.45, 2.75) is 38.1 Å². The van der Waals surface area contributed by atoms with E-state index in [2.05, 4.69) is 34.0 Å². The van der Waals surface area contributed by atoms with Crippen LogP contribution in [0.3, 0.4) is 0 Å². The van der Waals surface area contributed by atoms with E-state index in [0.29, 0.717) is 6.04 Å². The van der Waals surface area contributed by atoms with Gasteiger partial charge in [0, 0.05) is 24.1 Å². The summed E-state index contributed by atoms with van der Waals surface area (Å²) in [7, 11) is 0. The second kappa shape index (κ2) is 6.20. The van der Waals surface area contributed by atoms with E-state index in [0.717, 1.165) is 25.7 Å². The van der Waals surface area contributed by atoms with Crippen LogP contribution in [0.1, 0.15) is 42.2 Å². The zero-order valence-electron chi connectivity index (χ0n) is 10.6. The quantitative estimate of drug-likeness (QED) is 0.808. The normalized spacial score (nSPS) is 27.4. The molecule has 0 bridgehead atoms. The molecular weight excluding hydrogens is 357 g/mol. The summed E-state index contributed by atoms with van der Waals surface area (Å²) >= 11 is 4.43. The molecule has 1 aromatic rings. The number of fused-ring (bicyclic) bond motifs is 1. The molecule has 1 fully saturated rings. The lowest BCUT2D eigenvalue weighted by Crippen LogP contribution is -2.26. The van der Waals surface area contributed by atoms with Crippen molar-refractivity contribution < 1.29 is 4.74 Å². The zero-order valence-corrected chi connectivity index (χ0v) is 13.6. The van der Waals surface area contributed by atoms with Crippen molar-refractivity contribution in [1.82, 2.24) is 5.32 Å². The molecule has 1 aromatic heterocycles. The lowest BCUT2D eigenvalue weighted by atomic mass is 9.93. The number of thiophene rings is 1. The maximum Gasteiger partial charge on any atom is 0.0659 e. The molecule has 18 heavy (non-hydrogen) atoms. The van der Waals surface area contributed by atoms with E-state index in [9.17, 15) is 0 Å². The molecule has 3 rings (SSSR count). The van der Waals surface area contributed by atoms with Gasteiger partial charge in [-0.3, -0.25) is 0 Å². The van der Waals surface area contributed by atoms with Gasteiger partial charge in [-0.1, -0.05) is 0 Å². The van der Waals surface area contributed by atoms with Crippen LogP contribution in [-0.2, 0) is 11.2 Å². The predicted octanol–water partition coefficient (Wildman–Crippen LogP) is 3.75. The van der Waals surface area contributed by atoms with Gasteiger partial charge < -0.3 is 10.1 Å². The van der Waals surface area contributed by atoms with Gasteiger partial charge in [0.25, 0.3) is 0 Å². The lowest BCUT2D eigenvalue weighted by molar-refractivity contribution is 0.184. The number of aryl methyl sites for hydroxylation is 1. The van der Waals surface area contributed by atoms with Crippen LogP contribution in [0, 0.1) is 8.80 Å². The van der Waals surface area contributed by atoms with E-state index in [1.807, 2.05) is 11.3 Å².